The second-order valence-corrected chi connectivity index (χ2v) is 7.78. The number of nitrogens with one attached hydrogen (secondary N) is 3. The van der Waals surface area contributed by atoms with Gasteiger partial charge in [-0.2, -0.15) is 0 Å². The van der Waals surface area contributed by atoms with Crippen molar-refractivity contribution in [2.24, 2.45) is 0 Å². The Morgan fingerprint density at radius 2 is 1.91 bits per heavy atom. The van der Waals surface area contributed by atoms with E-state index in [1.54, 1.807) is 19.1 Å². The summed E-state index contributed by atoms with van der Waals surface area (Å²) in [6.07, 6.45) is 0.583. The van der Waals surface area contributed by atoms with E-state index in [9.17, 15) is 18.8 Å². The average molecular weight is 448 g/mol. The molecule has 0 spiro atoms. The monoisotopic (exact) mass is 447 g/mol. The highest BCUT2D eigenvalue weighted by atomic mass is 19.1. The van der Waals surface area contributed by atoms with Gasteiger partial charge in [-0.15, -0.1) is 0 Å². The molecule has 2 aliphatic rings. The van der Waals surface area contributed by atoms with E-state index in [1.165, 1.54) is 12.1 Å². The van der Waals surface area contributed by atoms with Crippen molar-refractivity contribution in [1.82, 2.24) is 20.4 Å². The molecule has 0 aromatic heterocycles. The van der Waals surface area contributed by atoms with Crippen LogP contribution in [0.4, 0.5) is 14.9 Å². The number of hydrogen-bond acceptors (Lipinski definition) is 6. The number of nitrogens with zero attached hydrogens (tertiary/aromatic N) is 2. The molecule has 1 unspecified atom stereocenters. The van der Waals surface area contributed by atoms with Gasteiger partial charge in [0.25, 0.3) is 0 Å². The highest BCUT2D eigenvalue weighted by molar-refractivity contribution is 5.95. The van der Waals surface area contributed by atoms with Gasteiger partial charge in [0.2, 0.25) is 5.91 Å². The summed E-state index contributed by atoms with van der Waals surface area (Å²) in [5, 5.41) is 8.25. The Morgan fingerprint density at radius 1 is 1.19 bits per heavy atom. The Kier molecular flexibility index (Phi) is 8.18. The molecule has 1 aromatic rings. The number of benzene rings is 1. The van der Waals surface area contributed by atoms with Crippen molar-refractivity contribution in [3.63, 3.8) is 0 Å². The zero-order valence-corrected chi connectivity index (χ0v) is 18.4. The van der Waals surface area contributed by atoms with Crippen LogP contribution in [0.25, 0.3) is 0 Å². The van der Waals surface area contributed by atoms with Gasteiger partial charge >= 0.3 is 12.0 Å². The number of halogens is 1. The number of amides is 3. The van der Waals surface area contributed by atoms with Crippen molar-refractivity contribution in [1.29, 1.82) is 0 Å². The number of ether oxygens (including phenoxy) is 1. The third kappa shape index (κ3) is 6.27. The minimum absolute atomic E-state index is 0.201. The Balaban J connectivity index is 1.56. The standard InChI is InChI=1S/C22H30FN5O4/c1-3-17-20(21(30)32-4-2)18(26-22(31)25-17)13-27-8-10-28(11-9-27)14-19(29)24-16-7-5-6-15(23)12-16/h5-7,12,17H,3-4,8-11,13-14H2,1-2H3,(H,24,29)(H2,25,26,31). The first-order chi connectivity index (χ1) is 15.4. The summed E-state index contributed by atoms with van der Waals surface area (Å²) in [6.45, 7) is 7.19. The smallest absolute Gasteiger partial charge is 0.337 e. The first-order valence-corrected chi connectivity index (χ1v) is 10.9. The number of carbonyl (C=O) groups excluding carboxylic acids is 3. The van der Waals surface area contributed by atoms with Crippen LogP contribution >= 0.6 is 0 Å². The van der Waals surface area contributed by atoms with Crippen LogP contribution in [0.2, 0.25) is 0 Å². The molecule has 3 rings (SSSR count). The quantitative estimate of drug-likeness (QED) is 0.519. The summed E-state index contributed by atoms with van der Waals surface area (Å²) in [7, 11) is 0. The molecular weight excluding hydrogens is 417 g/mol. The maximum absolute atomic E-state index is 13.3. The van der Waals surface area contributed by atoms with Crippen molar-refractivity contribution in [2.75, 3.05) is 51.2 Å². The molecular formula is C22H30FN5O4. The summed E-state index contributed by atoms with van der Waals surface area (Å²) in [5.41, 5.74) is 1.46. The molecule has 2 heterocycles. The molecule has 2 aliphatic heterocycles. The van der Waals surface area contributed by atoms with Crippen LogP contribution in [-0.4, -0.2) is 79.6 Å². The highest BCUT2D eigenvalue weighted by Crippen LogP contribution is 2.18. The number of anilines is 1. The number of rotatable bonds is 8. The van der Waals surface area contributed by atoms with Gasteiger partial charge in [0, 0.05) is 44.1 Å². The molecule has 0 radical (unpaired) electrons. The molecule has 32 heavy (non-hydrogen) atoms. The highest BCUT2D eigenvalue weighted by Gasteiger charge is 2.32. The maximum atomic E-state index is 13.3. The minimum Gasteiger partial charge on any atom is -0.463 e. The van der Waals surface area contributed by atoms with Gasteiger partial charge in [0.1, 0.15) is 5.82 Å². The van der Waals surface area contributed by atoms with Crippen molar-refractivity contribution in [3.05, 3.63) is 41.4 Å². The van der Waals surface area contributed by atoms with Crippen LogP contribution in [0.3, 0.4) is 0 Å². The number of piperazine rings is 1. The lowest BCUT2D eigenvalue weighted by molar-refractivity contribution is -0.139. The lowest BCUT2D eigenvalue weighted by Gasteiger charge is -2.36. The van der Waals surface area contributed by atoms with Crippen LogP contribution in [0, 0.1) is 5.82 Å². The van der Waals surface area contributed by atoms with Gasteiger partial charge in [-0.3, -0.25) is 14.6 Å². The fourth-order valence-corrected chi connectivity index (χ4v) is 3.89. The molecule has 0 saturated carbocycles. The number of hydrogen-bond donors (Lipinski definition) is 3. The molecule has 1 aromatic carbocycles. The SMILES string of the molecule is CCOC(=O)C1=C(CN2CCN(CC(=O)Nc3cccc(F)c3)CC2)NC(=O)NC1CC. The fraction of sp³-hybridized carbons (Fsp3) is 0.500. The van der Waals surface area contributed by atoms with E-state index >= 15 is 0 Å². The van der Waals surface area contributed by atoms with Crippen LogP contribution in [0.5, 0.6) is 0 Å². The largest absolute Gasteiger partial charge is 0.463 e. The molecule has 3 amide bonds. The van der Waals surface area contributed by atoms with E-state index in [0.29, 0.717) is 56.1 Å². The lowest BCUT2D eigenvalue weighted by atomic mass is 10.00. The molecule has 10 heteroatoms. The van der Waals surface area contributed by atoms with Gasteiger partial charge < -0.3 is 20.7 Å². The normalized spacial score (nSPS) is 19.8. The van der Waals surface area contributed by atoms with Crippen molar-refractivity contribution < 1.29 is 23.5 Å². The van der Waals surface area contributed by atoms with Gasteiger partial charge in [0.15, 0.2) is 0 Å². The van der Waals surface area contributed by atoms with Gasteiger partial charge in [0.05, 0.1) is 24.8 Å². The number of esters is 1. The van der Waals surface area contributed by atoms with Crippen LogP contribution in [0.1, 0.15) is 20.3 Å². The lowest BCUT2D eigenvalue weighted by Crippen LogP contribution is -2.54. The van der Waals surface area contributed by atoms with Crippen LogP contribution < -0.4 is 16.0 Å². The first-order valence-electron chi connectivity index (χ1n) is 10.9. The molecule has 0 aliphatic carbocycles. The first kappa shape index (κ1) is 23.7. The molecule has 3 N–H and O–H groups in total. The van der Waals surface area contributed by atoms with Crippen LogP contribution in [0.15, 0.2) is 35.5 Å². The predicted molar refractivity (Wildman–Crippen MR) is 117 cm³/mol. The summed E-state index contributed by atoms with van der Waals surface area (Å²) >= 11 is 0. The third-order valence-electron chi connectivity index (χ3n) is 5.47. The molecule has 174 valence electrons. The van der Waals surface area contributed by atoms with E-state index in [4.69, 9.17) is 4.74 Å². The third-order valence-corrected chi connectivity index (χ3v) is 5.47. The van der Waals surface area contributed by atoms with E-state index in [0.717, 1.165) is 0 Å². The van der Waals surface area contributed by atoms with Crippen molar-refractivity contribution in [2.45, 2.75) is 26.3 Å². The Morgan fingerprint density at radius 3 is 2.56 bits per heavy atom. The van der Waals surface area contributed by atoms with Crippen molar-refractivity contribution >= 4 is 23.6 Å². The summed E-state index contributed by atoms with van der Waals surface area (Å²) in [4.78, 5) is 41.0. The molecule has 9 nitrogen and oxygen atoms in total. The molecule has 1 fully saturated rings. The summed E-state index contributed by atoms with van der Waals surface area (Å²) in [5.74, 6) is -1.02. The van der Waals surface area contributed by atoms with E-state index in [2.05, 4.69) is 20.9 Å². The van der Waals surface area contributed by atoms with Gasteiger partial charge in [-0.1, -0.05) is 13.0 Å². The summed E-state index contributed by atoms with van der Waals surface area (Å²) in [6, 6.07) is 5.08. The Labute approximate surface area is 187 Å². The predicted octanol–water partition coefficient (Wildman–Crippen LogP) is 1.29. The van der Waals surface area contributed by atoms with E-state index in [-0.39, 0.29) is 31.1 Å². The average Bonchev–Trinajstić information content (AvgIpc) is 2.74. The minimum atomic E-state index is -0.422. The second-order valence-electron chi connectivity index (χ2n) is 7.78. The molecule has 1 atom stereocenters. The van der Waals surface area contributed by atoms with Gasteiger partial charge in [-0.25, -0.2) is 14.0 Å². The zero-order valence-electron chi connectivity index (χ0n) is 18.4. The number of carbonyl (C=O) groups is 3. The number of urea groups is 1. The summed E-state index contributed by atoms with van der Waals surface area (Å²) < 4.78 is 18.5. The Bertz CT molecular complexity index is 883. The van der Waals surface area contributed by atoms with Crippen LogP contribution in [-0.2, 0) is 14.3 Å². The molecule has 0 bridgehead atoms. The molecule has 1 saturated heterocycles. The van der Waals surface area contributed by atoms with Crippen molar-refractivity contribution in [3.8, 4) is 0 Å². The Hall–Kier alpha value is -2.98. The fourth-order valence-electron chi connectivity index (χ4n) is 3.89. The topological polar surface area (TPSA) is 103 Å². The maximum Gasteiger partial charge on any atom is 0.337 e. The zero-order chi connectivity index (χ0) is 23.1. The second kappa shape index (κ2) is 11.1. The van der Waals surface area contributed by atoms with Gasteiger partial charge in [-0.05, 0) is 31.5 Å². The van der Waals surface area contributed by atoms with E-state index in [1.807, 2.05) is 11.8 Å². The van der Waals surface area contributed by atoms with E-state index < -0.39 is 11.8 Å².